The Bertz CT molecular complexity index is 629. The quantitative estimate of drug-likeness (QED) is 0.945. The zero-order valence-corrected chi connectivity index (χ0v) is 13.0. The van der Waals surface area contributed by atoms with Crippen LogP contribution in [0.4, 0.5) is 0 Å². The van der Waals surface area contributed by atoms with Crippen molar-refractivity contribution in [2.24, 2.45) is 0 Å². The summed E-state index contributed by atoms with van der Waals surface area (Å²) in [7, 11) is 0. The van der Waals surface area contributed by atoms with Gasteiger partial charge in [-0.15, -0.1) is 0 Å². The molecule has 0 spiro atoms. The van der Waals surface area contributed by atoms with Crippen LogP contribution in [0, 0.1) is 6.92 Å². The summed E-state index contributed by atoms with van der Waals surface area (Å²) in [5.41, 5.74) is 2.83. The van der Waals surface area contributed by atoms with Crippen molar-refractivity contribution in [3.8, 4) is 5.75 Å². The maximum absolute atomic E-state index is 10.5. The van der Waals surface area contributed by atoms with E-state index >= 15 is 0 Å². The summed E-state index contributed by atoms with van der Waals surface area (Å²) < 4.78 is 7.69. The highest BCUT2D eigenvalue weighted by Gasteiger charge is 2.30. The van der Waals surface area contributed by atoms with Gasteiger partial charge in [0, 0.05) is 19.4 Å². The second kappa shape index (κ2) is 5.70. The van der Waals surface area contributed by atoms with Crippen molar-refractivity contribution < 1.29 is 9.84 Å². The molecule has 0 saturated heterocycles. The fraction of sp³-hybridized carbons (Fsp3) is 0.438. The number of aliphatic hydroxyl groups is 1. The Morgan fingerprint density at radius 2 is 2.24 bits per heavy atom. The van der Waals surface area contributed by atoms with E-state index in [2.05, 4.69) is 5.10 Å². The van der Waals surface area contributed by atoms with Crippen molar-refractivity contribution in [2.75, 3.05) is 0 Å². The van der Waals surface area contributed by atoms with Crippen LogP contribution in [-0.4, -0.2) is 27.1 Å². The lowest BCUT2D eigenvalue weighted by Crippen LogP contribution is -2.32. The standard InChI is InChI=1S/C16H19ClN2O2/c1-3-19-12(16(17)10(2)18-19)9-13(20)15-8-11-6-4-5-7-14(11)21-15/h4-7,13,15,20H,3,8-9H2,1-2H3. The van der Waals surface area contributed by atoms with E-state index in [-0.39, 0.29) is 6.10 Å². The predicted molar refractivity (Wildman–Crippen MR) is 81.9 cm³/mol. The summed E-state index contributed by atoms with van der Waals surface area (Å²) in [4.78, 5) is 0. The number of hydrogen-bond donors (Lipinski definition) is 1. The van der Waals surface area contributed by atoms with E-state index < -0.39 is 6.10 Å². The first-order valence-electron chi connectivity index (χ1n) is 7.24. The summed E-state index contributed by atoms with van der Waals surface area (Å²) in [5, 5.41) is 15.5. The number of rotatable bonds is 4. The first kappa shape index (κ1) is 14.4. The molecule has 1 aromatic carbocycles. The molecule has 2 unspecified atom stereocenters. The molecular weight excluding hydrogens is 288 g/mol. The zero-order valence-electron chi connectivity index (χ0n) is 12.2. The monoisotopic (exact) mass is 306 g/mol. The van der Waals surface area contributed by atoms with E-state index in [1.165, 1.54) is 0 Å². The molecule has 2 atom stereocenters. The molecule has 2 heterocycles. The molecular formula is C16H19ClN2O2. The number of halogens is 1. The SMILES string of the molecule is CCn1nc(C)c(Cl)c1CC(O)C1Cc2ccccc2O1. The zero-order chi connectivity index (χ0) is 15.0. The van der Waals surface area contributed by atoms with Crippen molar-refractivity contribution in [2.45, 2.75) is 45.4 Å². The number of aromatic nitrogens is 2. The first-order valence-corrected chi connectivity index (χ1v) is 7.62. The van der Waals surface area contributed by atoms with Gasteiger partial charge in [0.1, 0.15) is 11.9 Å². The maximum Gasteiger partial charge on any atom is 0.129 e. The van der Waals surface area contributed by atoms with Crippen LogP contribution in [0.25, 0.3) is 0 Å². The van der Waals surface area contributed by atoms with Gasteiger partial charge < -0.3 is 9.84 Å². The van der Waals surface area contributed by atoms with Gasteiger partial charge in [0.2, 0.25) is 0 Å². The van der Waals surface area contributed by atoms with Crippen LogP contribution in [0.1, 0.15) is 23.9 Å². The van der Waals surface area contributed by atoms with Crippen molar-refractivity contribution in [3.63, 3.8) is 0 Å². The van der Waals surface area contributed by atoms with E-state index in [0.29, 0.717) is 11.4 Å². The number of hydrogen-bond acceptors (Lipinski definition) is 3. The third-order valence-electron chi connectivity index (χ3n) is 3.96. The lowest BCUT2D eigenvalue weighted by atomic mass is 10.0. The molecule has 0 fully saturated rings. The smallest absolute Gasteiger partial charge is 0.129 e. The largest absolute Gasteiger partial charge is 0.487 e. The molecule has 0 amide bonds. The van der Waals surface area contributed by atoms with E-state index in [4.69, 9.17) is 16.3 Å². The van der Waals surface area contributed by atoms with Gasteiger partial charge >= 0.3 is 0 Å². The van der Waals surface area contributed by atoms with Crippen LogP contribution in [-0.2, 0) is 19.4 Å². The van der Waals surface area contributed by atoms with Gasteiger partial charge in [0.25, 0.3) is 0 Å². The number of benzene rings is 1. The molecule has 1 N–H and O–H groups in total. The number of aryl methyl sites for hydroxylation is 2. The van der Waals surface area contributed by atoms with Crippen LogP contribution in [0.2, 0.25) is 5.02 Å². The van der Waals surface area contributed by atoms with Crippen molar-refractivity contribution in [1.82, 2.24) is 9.78 Å². The third kappa shape index (κ3) is 2.65. The first-order chi connectivity index (χ1) is 10.1. The van der Waals surface area contributed by atoms with Crippen LogP contribution in [0.3, 0.4) is 0 Å². The Kier molecular flexibility index (Phi) is 3.91. The lowest BCUT2D eigenvalue weighted by Gasteiger charge is -2.18. The number of nitrogens with zero attached hydrogens (tertiary/aromatic N) is 2. The Morgan fingerprint density at radius 3 is 2.95 bits per heavy atom. The van der Waals surface area contributed by atoms with Gasteiger partial charge in [0.05, 0.1) is 22.5 Å². The molecule has 0 saturated carbocycles. The number of aliphatic hydroxyl groups excluding tert-OH is 1. The minimum absolute atomic E-state index is 0.223. The van der Waals surface area contributed by atoms with Crippen LogP contribution in [0.5, 0.6) is 5.75 Å². The fourth-order valence-corrected chi connectivity index (χ4v) is 3.03. The summed E-state index contributed by atoms with van der Waals surface area (Å²) >= 11 is 6.30. The third-order valence-corrected chi connectivity index (χ3v) is 4.45. The van der Waals surface area contributed by atoms with E-state index in [1.807, 2.05) is 42.8 Å². The maximum atomic E-state index is 10.5. The van der Waals surface area contributed by atoms with Crippen LogP contribution < -0.4 is 4.74 Å². The second-order valence-electron chi connectivity index (χ2n) is 5.40. The topological polar surface area (TPSA) is 47.3 Å². The number of para-hydroxylation sites is 1. The van der Waals surface area contributed by atoms with Crippen LogP contribution in [0.15, 0.2) is 24.3 Å². The highest BCUT2D eigenvalue weighted by Crippen LogP contribution is 2.31. The van der Waals surface area contributed by atoms with E-state index in [9.17, 15) is 5.11 Å². The van der Waals surface area contributed by atoms with Gasteiger partial charge in [0.15, 0.2) is 0 Å². The summed E-state index contributed by atoms with van der Waals surface area (Å²) in [6.07, 6.45) is 0.357. The number of fused-ring (bicyclic) bond motifs is 1. The molecule has 0 aliphatic carbocycles. The molecule has 1 aliphatic heterocycles. The normalized spacial score (nSPS) is 18.4. The second-order valence-corrected chi connectivity index (χ2v) is 5.78. The van der Waals surface area contributed by atoms with Crippen LogP contribution >= 0.6 is 11.6 Å². The van der Waals surface area contributed by atoms with Crippen molar-refractivity contribution >= 4 is 11.6 Å². The molecule has 1 aromatic heterocycles. The van der Waals surface area contributed by atoms with Gasteiger partial charge in [-0.3, -0.25) is 4.68 Å². The molecule has 21 heavy (non-hydrogen) atoms. The Hall–Kier alpha value is -1.52. The summed E-state index contributed by atoms with van der Waals surface area (Å²) in [5.74, 6) is 0.868. The van der Waals surface area contributed by atoms with Crippen molar-refractivity contribution in [1.29, 1.82) is 0 Å². The lowest BCUT2D eigenvalue weighted by molar-refractivity contribution is 0.0489. The summed E-state index contributed by atoms with van der Waals surface area (Å²) in [6, 6.07) is 7.91. The Morgan fingerprint density at radius 1 is 1.48 bits per heavy atom. The average molecular weight is 307 g/mol. The van der Waals surface area contributed by atoms with E-state index in [0.717, 1.165) is 35.7 Å². The molecule has 3 rings (SSSR count). The molecule has 0 radical (unpaired) electrons. The molecule has 1 aliphatic rings. The molecule has 4 nitrogen and oxygen atoms in total. The average Bonchev–Trinajstić information content (AvgIpc) is 3.03. The summed E-state index contributed by atoms with van der Waals surface area (Å²) in [6.45, 7) is 4.63. The highest BCUT2D eigenvalue weighted by atomic mass is 35.5. The van der Waals surface area contributed by atoms with Gasteiger partial charge in [-0.25, -0.2) is 0 Å². The van der Waals surface area contributed by atoms with Gasteiger partial charge in [-0.2, -0.15) is 5.10 Å². The Labute approximate surface area is 129 Å². The van der Waals surface area contributed by atoms with Gasteiger partial charge in [-0.05, 0) is 25.5 Å². The molecule has 5 heteroatoms. The molecule has 2 aromatic rings. The molecule has 0 bridgehead atoms. The number of ether oxygens (including phenoxy) is 1. The fourth-order valence-electron chi connectivity index (χ4n) is 2.82. The minimum Gasteiger partial charge on any atom is -0.487 e. The van der Waals surface area contributed by atoms with E-state index in [1.54, 1.807) is 0 Å². The molecule has 112 valence electrons. The predicted octanol–water partition coefficient (Wildman–Crippen LogP) is 2.77. The van der Waals surface area contributed by atoms with Crippen molar-refractivity contribution in [3.05, 3.63) is 46.2 Å². The Balaban J connectivity index is 1.75. The highest BCUT2D eigenvalue weighted by molar-refractivity contribution is 6.31. The van der Waals surface area contributed by atoms with Gasteiger partial charge in [-0.1, -0.05) is 29.8 Å². The minimum atomic E-state index is -0.601.